The van der Waals surface area contributed by atoms with E-state index in [0.29, 0.717) is 0 Å². The summed E-state index contributed by atoms with van der Waals surface area (Å²) in [7, 11) is 0. The highest BCUT2D eigenvalue weighted by Gasteiger charge is 2.36. The van der Waals surface area contributed by atoms with Crippen molar-refractivity contribution in [1.82, 2.24) is 0 Å². The molecule has 4 heterocycles. The van der Waals surface area contributed by atoms with E-state index in [9.17, 15) is 9.59 Å². The zero-order valence-electron chi connectivity index (χ0n) is 13.1. The summed E-state index contributed by atoms with van der Waals surface area (Å²) in [5, 5.41) is 12.0. The van der Waals surface area contributed by atoms with Crippen LogP contribution in [0.1, 0.15) is 52.7 Å². The molecule has 6 heteroatoms. The van der Waals surface area contributed by atoms with E-state index < -0.39 is 0 Å². The average molecular weight is 409 g/mol. The topological polar surface area (TPSA) is 34.1 Å². The molecular weight excluding hydrogens is 400 g/mol. The van der Waals surface area contributed by atoms with Crippen LogP contribution in [-0.4, -0.2) is 11.6 Å². The van der Waals surface area contributed by atoms with Gasteiger partial charge >= 0.3 is 0 Å². The predicted molar refractivity (Wildman–Crippen MR) is 109 cm³/mol. The van der Waals surface area contributed by atoms with Gasteiger partial charge in [0.25, 0.3) is 0 Å². The molecule has 0 fully saturated rings. The number of carbonyl (C=O) groups is 2. The summed E-state index contributed by atoms with van der Waals surface area (Å²) >= 11 is 6.10. The standard InChI is InChI=1S/C20H8O2S4/c21-17-13-7-23-5-11(13)15(9-1-3-25-19(9)17)16-10-2-4-26-20(10)18(22)14-8-24-6-12(14)16/h1-8H/b16-15+. The maximum absolute atomic E-state index is 12.8. The molecule has 0 saturated carbocycles. The number of thiophene rings is 4. The molecule has 2 aliphatic carbocycles. The molecule has 0 N–H and O–H groups in total. The van der Waals surface area contributed by atoms with Gasteiger partial charge < -0.3 is 0 Å². The van der Waals surface area contributed by atoms with Crippen molar-refractivity contribution in [1.29, 1.82) is 0 Å². The molecule has 4 aromatic rings. The quantitative estimate of drug-likeness (QED) is 0.308. The fraction of sp³-hybridized carbons (Fsp3) is 0. The van der Waals surface area contributed by atoms with Gasteiger partial charge in [-0.15, -0.1) is 22.7 Å². The molecule has 0 atom stereocenters. The normalized spacial score (nSPS) is 17.7. The molecule has 2 aliphatic rings. The van der Waals surface area contributed by atoms with Crippen molar-refractivity contribution in [2.75, 3.05) is 0 Å². The highest BCUT2D eigenvalue weighted by atomic mass is 32.1. The number of hydrogen-bond acceptors (Lipinski definition) is 6. The van der Waals surface area contributed by atoms with Gasteiger partial charge in [0.05, 0.1) is 9.75 Å². The third kappa shape index (κ3) is 1.75. The first-order valence-electron chi connectivity index (χ1n) is 7.88. The molecule has 124 valence electrons. The second kappa shape index (κ2) is 5.20. The Hall–Kier alpha value is -2.12. The number of hydrogen-bond donors (Lipinski definition) is 0. The van der Waals surface area contributed by atoms with Gasteiger partial charge in [0, 0.05) is 55.3 Å². The van der Waals surface area contributed by atoms with Crippen molar-refractivity contribution in [3.8, 4) is 0 Å². The lowest BCUT2D eigenvalue weighted by Gasteiger charge is -2.23. The summed E-state index contributed by atoms with van der Waals surface area (Å²) in [5.41, 5.74) is 7.69. The van der Waals surface area contributed by atoms with Crippen LogP contribution >= 0.6 is 45.3 Å². The largest absolute Gasteiger partial charge is 0.288 e. The molecule has 2 nitrogen and oxygen atoms in total. The van der Waals surface area contributed by atoms with Crippen LogP contribution in [0.25, 0.3) is 11.1 Å². The van der Waals surface area contributed by atoms with Crippen LogP contribution in [0, 0.1) is 0 Å². The minimum Gasteiger partial charge on any atom is -0.288 e. The van der Waals surface area contributed by atoms with Gasteiger partial charge in [0.1, 0.15) is 0 Å². The number of ketones is 2. The smallest absolute Gasteiger partial charge is 0.205 e. The Bertz CT molecular complexity index is 1080. The Labute approximate surface area is 164 Å². The van der Waals surface area contributed by atoms with E-state index in [1.165, 1.54) is 22.7 Å². The van der Waals surface area contributed by atoms with E-state index in [-0.39, 0.29) is 11.6 Å². The van der Waals surface area contributed by atoms with E-state index in [0.717, 1.165) is 54.3 Å². The Morgan fingerprint density at radius 1 is 0.538 bits per heavy atom. The number of carbonyl (C=O) groups excluding carboxylic acids is 2. The van der Waals surface area contributed by atoms with Crippen molar-refractivity contribution >= 4 is 68.1 Å². The summed E-state index contributed by atoms with van der Waals surface area (Å²) < 4.78 is 0. The Kier molecular flexibility index (Phi) is 3.00. The zero-order valence-corrected chi connectivity index (χ0v) is 16.3. The van der Waals surface area contributed by atoms with Gasteiger partial charge in [0.15, 0.2) is 0 Å². The molecule has 0 radical (unpaired) electrons. The van der Waals surface area contributed by atoms with Crippen molar-refractivity contribution < 1.29 is 9.59 Å². The molecule has 6 rings (SSSR count). The second-order valence-electron chi connectivity index (χ2n) is 6.13. The maximum atomic E-state index is 12.8. The molecule has 0 saturated heterocycles. The van der Waals surface area contributed by atoms with Crippen molar-refractivity contribution in [2.45, 2.75) is 0 Å². The molecule has 0 amide bonds. The van der Waals surface area contributed by atoms with Crippen molar-refractivity contribution in [2.24, 2.45) is 0 Å². The van der Waals surface area contributed by atoms with Crippen LogP contribution in [-0.2, 0) is 0 Å². The molecular formula is C20H8O2S4. The summed E-state index contributed by atoms with van der Waals surface area (Å²) in [4.78, 5) is 27.3. The third-order valence-corrected chi connectivity index (χ3v) is 8.20. The van der Waals surface area contributed by atoms with E-state index in [2.05, 4.69) is 10.8 Å². The molecule has 0 bridgehead atoms. The van der Waals surface area contributed by atoms with Gasteiger partial charge in [-0.3, -0.25) is 9.59 Å². The highest BCUT2D eigenvalue weighted by molar-refractivity contribution is 7.14. The Morgan fingerprint density at radius 3 is 1.42 bits per heavy atom. The summed E-state index contributed by atoms with van der Waals surface area (Å²) in [5.74, 6) is 0.220. The summed E-state index contributed by atoms with van der Waals surface area (Å²) in [6.07, 6.45) is 0. The summed E-state index contributed by atoms with van der Waals surface area (Å²) in [6.45, 7) is 0. The molecule has 0 spiro atoms. The SMILES string of the molecule is O=C1c2cscc2/C(=C2/c3cscc3C(=O)c3sccc32)c2ccsc21. The molecule has 26 heavy (non-hydrogen) atoms. The predicted octanol–water partition coefficient (Wildman–Crippen LogP) is 6.03. The lowest BCUT2D eigenvalue weighted by atomic mass is 9.78. The number of rotatable bonds is 0. The van der Waals surface area contributed by atoms with Gasteiger partial charge in [-0.25, -0.2) is 0 Å². The molecule has 0 aliphatic heterocycles. The fourth-order valence-corrected chi connectivity index (χ4v) is 7.12. The molecule has 4 aromatic heterocycles. The van der Waals surface area contributed by atoms with Crippen molar-refractivity contribution in [3.05, 3.63) is 87.5 Å². The van der Waals surface area contributed by atoms with Crippen LogP contribution in [0.15, 0.2) is 44.4 Å². The lowest BCUT2D eigenvalue weighted by molar-refractivity contribution is 0.103. The molecule has 0 aromatic carbocycles. The lowest BCUT2D eigenvalue weighted by Crippen LogP contribution is -2.15. The monoisotopic (exact) mass is 408 g/mol. The first-order valence-corrected chi connectivity index (χ1v) is 11.5. The second-order valence-corrected chi connectivity index (χ2v) is 9.45. The fourth-order valence-electron chi connectivity index (χ4n) is 3.77. The molecule has 0 unspecified atom stereocenters. The van der Waals surface area contributed by atoms with Crippen LogP contribution in [0.4, 0.5) is 0 Å². The Morgan fingerprint density at radius 2 is 0.962 bits per heavy atom. The van der Waals surface area contributed by atoms with E-state index in [4.69, 9.17) is 0 Å². The van der Waals surface area contributed by atoms with Crippen molar-refractivity contribution in [3.63, 3.8) is 0 Å². The summed E-state index contributed by atoms with van der Waals surface area (Å²) in [6, 6.07) is 4.07. The first-order chi connectivity index (χ1) is 12.8. The minimum atomic E-state index is 0.110. The van der Waals surface area contributed by atoms with Crippen LogP contribution < -0.4 is 0 Å². The van der Waals surface area contributed by atoms with Gasteiger partial charge in [-0.2, -0.15) is 22.7 Å². The Balaban J connectivity index is 1.81. The van der Waals surface area contributed by atoms with Gasteiger partial charge in [-0.1, -0.05) is 0 Å². The number of fused-ring (bicyclic) bond motifs is 4. The van der Waals surface area contributed by atoms with E-state index in [1.54, 1.807) is 22.7 Å². The van der Waals surface area contributed by atoms with Gasteiger partial charge in [-0.05, 0) is 33.7 Å². The van der Waals surface area contributed by atoms with E-state index >= 15 is 0 Å². The highest BCUT2D eigenvalue weighted by Crippen LogP contribution is 2.49. The maximum Gasteiger partial charge on any atom is 0.205 e. The average Bonchev–Trinajstić information content (AvgIpc) is 3.43. The third-order valence-electron chi connectivity index (χ3n) is 4.88. The van der Waals surface area contributed by atoms with E-state index in [1.807, 2.05) is 33.7 Å². The van der Waals surface area contributed by atoms with Crippen LogP contribution in [0.2, 0.25) is 0 Å². The van der Waals surface area contributed by atoms with Crippen LogP contribution in [0.3, 0.4) is 0 Å². The van der Waals surface area contributed by atoms with Gasteiger partial charge in [0.2, 0.25) is 11.6 Å². The zero-order chi connectivity index (χ0) is 17.4. The first kappa shape index (κ1) is 15.0. The van der Waals surface area contributed by atoms with Crippen LogP contribution in [0.5, 0.6) is 0 Å². The minimum absolute atomic E-state index is 0.110.